The molecule has 1 N–H and O–H groups in total. The van der Waals surface area contributed by atoms with Crippen LogP contribution >= 0.6 is 11.8 Å². The Labute approximate surface area is 175 Å². The van der Waals surface area contributed by atoms with Crippen LogP contribution in [0.5, 0.6) is 0 Å². The van der Waals surface area contributed by atoms with Crippen LogP contribution in [0.25, 0.3) is 11.1 Å². The van der Waals surface area contributed by atoms with E-state index in [-0.39, 0.29) is 22.1 Å². The number of sulfonamides is 1. The summed E-state index contributed by atoms with van der Waals surface area (Å²) in [5.74, 6) is -0.0162. The van der Waals surface area contributed by atoms with Crippen LogP contribution in [-0.2, 0) is 14.8 Å². The largest absolute Gasteiger partial charge is 0.431 e. The number of oxazole rings is 1. The van der Waals surface area contributed by atoms with Crippen molar-refractivity contribution in [3.05, 3.63) is 18.2 Å². The molecule has 1 aliphatic carbocycles. The van der Waals surface area contributed by atoms with Crippen LogP contribution in [0.15, 0.2) is 32.7 Å². The van der Waals surface area contributed by atoms with Crippen LogP contribution in [0.2, 0.25) is 0 Å². The van der Waals surface area contributed by atoms with Crippen molar-refractivity contribution in [2.24, 2.45) is 0 Å². The number of benzene rings is 1. The minimum absolute atomic E-state index is 0.0162. The Hall–Kier alpha value is -1.58. The van der Waals surface area contributed by atoms with Crippen molar-refractivity contribution in [2.75, 3.05) is 13.1 Å². The van der Waals surface area contributed by atoms with E-state index in [1.165, 1.54) is 24.6 Å². The summed E-state index contributed by atoms with van der Waals surface area (Å²) in [6.07, 6.45) is 7.28. The molecule has 1 aliphatic heterocycles. The van der Waals surface area contributed by atoms with Crippen LogP contribution in [0.4, 0.5) is 0 Å². The van der Waals surface area contributed by atoms with Gasteiger partial charge in [0.1, 0.15) is 5.52 Å². The summed E-state index contributed by atoms with van der Waals surface area (Å²) >= 11 is 1.25. The molecule has 158 valence electrons. The summed E-state index contributed by atoms with van der Waals surface area (Å²) < 4.78 is 33.0. The first-order chi connectivity index (χ1) is 13.9. The Kier molecular flexibility index (Phi) is 6.17. The van der Waals surface area contributed by atoms with Gasteiger partial charge in [0.25, 0.3) is 5.22 Å². The van der Waals surface area contributed by atoms with E-state index in [0.29, 0.717) is 29.4 Å². The second-order valence-corrected chi connectivity index (χ2v) is 11.1. The lowest BCUT2D eigenvalue weighted by atomic mass is 10.2. The fraction of sp³-hybridized carbons (Fsp3) is 0.600. The first-order valence-electron chi connectivity index (χ1n) is 10.3. The van der Waals surface area contributed by atoms with E-state index in [1.807, 2.05) is 6.92 Å². The number of fused-ring (bicyclic) bond motifs is 1. The number of piperidine rings is 1. The summed E-state index contributed by atoms with van der Waals surface area (Å²) in [5, 5.41) is 3.13. The predicted octanol–water partition coefficient (Wildman–Crippen LogP) is 3.54. The monoisotopic (exact) mass is 437 g/mol. The molecular formula is C20H27N3O4S2. The molecule has 1 saturated carbocycles. The van der Waals surface area contributed by atoms with E-state index in [0.717, 1.165) is 32.1 Å². The molecule has 1 atom stereocenters. The molecule has 2 heterocycles. The summed E-state index contributed by atoms with van der Waals surface area (Å²) in [5.41, 5.74) is 1.02. The van der Waals surface area contributed by atoms with Crippen molar-refractivity contribution in [3.8, 4) is 0 Å². The molecule has 2 aliphatic rings. The maximum Gasteiger partial charge on any atom is 0.257 e. The minimum atomic E-state index is -3.51. The fourth-order valence-corrected chi connectivity index (χ4v) is 6.25. The first-order valence-corrected chi connectivity index (χ1v) is 12.6. The van der Waals surface area contributed by atoms with Crippen molar-refractivity contribution in [1.29, 1.82) is 0 Å². The number of aromatic nitrogens is 1. The van der Waals surface area contributed by atoms with Crippen LogP contribution in [0.1, 0.15) is 51.9 Å². The maximum absolute atomic E-state index is 12.9. The first kappa shape index (κ1) is 20.7. The normalized spacial score (nSPS) is 20.2. The minimum Gasteiger partial charge on any atom is -0.431 e. The molecule has 2 fully saturated rings. The number of hydrogen-bond donors (Lipinski definition) is 1. The number of rotatable bonds is 6. The fourth-order valence-electron chi connectivity index (χ4n) is 3.94. The third-order valence-electron chi connectivity index (χ3n) is 5.64. The lowest BCUT2D eigenvalue weighted by molar-refractivity contribution is -0.120. The van der Waals surface area contributed by atoms with Gasteiger partial charge in [-0.3, -0.25) is 4.79 Å². The molecule has 1 aromatic heterocycles. The van der Waals surface area contributed by atoms with Crippen LogP contribution in [0.3, 0.4) is 0 Å². The number of amides is 1. The highest BCUT2D eigenvalue weighted by Gasteiger charge is 2.27. The Morgan fingerprint density at radius 2 is 1.93 bits per heavy atom. The average molecular weight is 438 g/mol. The summed E-state index contributed by atoms with van der Waals surface area (Å²) in [6, 6.07) is 5.06. The van der Waals surface area contributed by atoms with Gasteiger partial charge in [0.15, 0.2) is 5.58 Å². The van der Waals surface area contributed by atoms with Gasteiger partial charge in [-0.2, -0.15) is 4.31 Å². The molecular weight excluding hydrogens is 410 g/mol. The smallest absolute Gasteiger partial charge is 0.257 e. The van der Waals surface area contributed by atoms with E-state index < -0.39 is 10.0 Å². The lowest BCUT2D eigenvalue weighted by Gasteiger charge is -2.25. The Balaban J connectivity index is 1.47. The van der Waals surface area contributed by atoms with Crippen LogP contribution < -0.4 is 5.32 Å². The average Bonchev–Trinajstić information content (AvgIpc) is 3.37. The zero-order valence-electron chi connectivity index (χ0n) is 16.6. The number of nitrogens with zero attached hydrogens (tertiary/aromatic N) is 2. The van der Waals surface area contributed by atoms with E-state index >= 15 is 0 Å². The van der Waals surface area contributed by atoms with Gasteiger partial charge in [-0.15, -0.1) is 0 Å². The van der Waals surface area contributed by atoms with E-state index in [2.05, 4.69) is 10.3 Å². The van der Waals surface area contributed by atoms with Crippen molar-refractivity contribution in [3.63, 3.8) is 0 Å². The highest BCUT2D eigenvalue weighted by Crippen LogP contribution is 2.30. The second-order valence-electron chi connectivity index (χ2n) is 7.82. The summed E-state index contributed by atoms with van der Waals surface area (Å²) in [4.78, 5) is 17.1. The third-order valence-corrected chi connectivity index (χ3v) is 8.48. The molecule has 7 nitrogen and oxygen atoms in total. The van der Waals surface area contributed by atoms with Gasteiger partial charge in [0, 0.05) is 19.1 Å². The topological polar surface area (TPSA) is 92.5 Å². The molecule has 0 bridgehead atoms. The van der Waals surface area contributed by atoms with Crippen LogP contribution in [0, 0.1) is 0 Å². The van der Waals surface area contributed by atoms with E-state index in [1.54, 1.807) is 22.5 Å². The molecule has 29 heavy (non-hydrogen) atoms. The van der Waals surface area contributed by atoms with Gasteiger partial charge >= 0.3 is 0 Å². The number of hydrogen-bond acceptors (Lipinski definition) is 6. The molecule has 0 radical (unpaired) electrons. The van der Waals surface area contributed by atoms with Gasteiger partial charge in [-0.1, -0.05) is 31.0 Å². The standard InChI is InChI=1S/C20H27N3O4S2/c1-14(19(24)21-15-7-3-4-8-15)28-20-22-17-13-16(9-10-18(17)27-20)29(25,26)23-11-5-2-6-12-23/h9-10,13-15H,2-8,11-12H2,1H3,(H,21,24)/t14-/m0/s1. The lowest BCUT2D eigenvalue weighted by Crippen LogP contribution is -2.37. The summed E-state index contributed by atoms with van der Waals surface area (Å²) in [7, 11) is -3.51. The molecule has 1 saturated heterocycles. The number of nitrogens with one attached hydrogen (secondary N) is 1. The molecule has 0 spiro atoms. The molecule has 4 rings (SSSR count). The van der Waals surface area contributed by atoms with Gasteiger partial charge in [-0.25, -0.2) is 13.4 Å². The highest BCUT2D eigenvalue weighted by atomic mass is 32.2. The van der Waals surface area contributed by atoms with Crippen molar-refractivity contribution in [1.82, 2.24) is 14.6 Å². The number of carbonyl (C=O) groups is 1. The van der Waals surface area contributed by atoms with Crippen molar-refractivity contribution in [2.45, 2.75) is 73.3 Å². The maximum atomic E-state index is 12.9. The number of thioether (sulfide) groups is 1. The molecule has 0 unspecified atom stereocenters. The number of carbonyl (C=O) groups excluding carboxylic acids is 1. The molecule has 1 aromatic carbocycles. The zero-order chi connectivity index (χ0) is 20.4. The third kappa shape index (κ3) is 4.62. The highest BCUT2D eigenvalue weighted by molar-refractivity contribution is 8.00. The summed E-state index contributed by atoms with van der Waals surface area (Å²) in [6.45, 7) is 2.96. The predicted molar refractivity (Wildman–Crippen MR) is 112 cm³/mol. The van der Waals surface area contributed by atoms with E-state index in [4.69, 9.17) is 4.42 Å². The Bertz CT molecular complexity index is 977. The van der Waals surface area contributed by atoms with Crippen LogP contribution in [-0.4, -0.2) is 48.0 Å². The quantitative estimate of drug-likeness (QED) is 0.695. The van der Waals surface area contributed by atoms with Crippen molar-refractivity contribution >= 4 is 38.8 Å². The zero-order valence-corrected chi connectivity index (χ0v) is 18.2. The molecule has 9 heteroatoms. The van der Waals surface area contributed by atoms with Gasteiger partial charge in [0.2, 0.25) is 15.9 Å². The second kappa shape index (κ2) is 8.65. The SMILES string of the molecule is C[C@H](Sc1nc2cc(S(=O)(=O)N3CCCCC3)ccc2o1)C(=O)NC1CCCC1. The molecule has 1 amide bonds. The van der Waals surface area contributed by atoms with Crippen molar-refractivity contribution < 1.29 is 17.6 Å². The van der Waals surface area contributed by atoms with Gasteiger partial charge < -0.3 is 9.73 Å². The molecule has 2 aromatic rings. The van der Waals surface area contributed by atoms with Gasteiger partial charge in [-0.05, 0) is 50.8 Å². The van der Waals surface area contributed by atoms with Gasteiger partial charge in [0.05, 0.1) is 10.1 Å². The van der Waals surface area contributed by atoms with E-state index in [9.17, 15) is 13.2 Å². The Morgan fingerprint density at radius 3 is 2.66 bits per heavy atom. The Morgan fingerprint density at radius 1 is 1.21 bits per heavy atom.